The van der Waals surface area contributed by atoms with Gasteiger partial charge in [0.05, 0.1) is 36.7 Å². The maximum absolute atomic E-state index is 13.6. The topological polar surface area (TPSA) is 91.7 Å². The highest BCUT2D eigenvalue weighted by molar-refractivity contribution is 7.08. The molecule has 9 heteroatoms. The number of amides is 2. The first-order chi connectivity index (χ1) is 21.0. The Morgan fingerprint density at radius 1 is 1.14 bits per heavy atom. The molecule has 8 nitrogen and oxygen atoms in total. The minimum atomic E-state index is -0.128. The molecule has 1 atom stereocenters. The number of methoxy groups -OCH3 is 1. The maximum Gasteiger partial charge on any atom is 0.257 e. The van der Waals surface area contributed by atoms with Gasteiger partial charge in [-0.15, -0.1) is 0 Å². The number of phenolic OH excluding ortho intramolecular Hbond substituents is 1. The number of rotatable bonds is 7. The summed E-state index contributed by atoms with van der Waals surface area (Å²) in [5, 5.41) is 16.5. The highest BCUT2D eigenvalue weighted by Crippen LogP contribution is 2.41. The van der Waals surface area contributed by atoms with Crippen molar-refractivity contribution in [2.45, 2.75) is 31.7 Å². The Hall–Kier alpha value is -4.63. The van der Waals surface area contributed by atoms with Crippen molar-refractivity contribution in [2.75, 3.05) is 31.7 Å². The Morgan fingerprint density at radius 3 is 2.81 bits per heavy atom. The van der Waals surface area contributed by atoms with Gasteiger partial charge in [-0.2, -0.15) is 11.3 Å². The second-order valence-electron chi connectivity index (χ2n) is 11.0. The van der Waals surface area contributed by atoms with Crippen molar-refractivity contribution < 1.29 is 24.2 Å². The minimum Gasteiger partial charge on any atom is -0.507 e. The molecule has 0 aliphatic carbocycles. The van der Waals surface area contributed by atoms with Crippen LogP contribution in [0.3, 0.4) is 0 Å². The largest absolute Gasteiger partial charge is 0.507 e. The Morgan fingerprint density at radius 2 is 2.00 bits per heavy atom. The predicted molar refractivity (Wildman–Crippen MR) is 169 cm³/mol. The van der Waals surface area contributed by atoms with E-state index in [0.717, 1.165) is 28.4 Å². The van der Waals surface area contributed by atoms with Crippen LogP contribution in [0.4, 0.5) is 11.4 Å². The molecule has 0 saturated carbocycles. The molecule has 0 saturated heterocycles. The van der Waals surface area contributed by atoms with Crippen LogP contribution in [0.2, 0.25) is 0 Å². The summed E-state index contributed by atoms with van der Waals surface area (Å²) in [6, 6.07) is 14.9. The van der Waals surface area contributed by atoms with E-state index in [1.807, 2.05) is 35.4 Å². The molecule has 3 aromatic carbocycles. The van der Waals surface area contributed by atoms with Crippen molar-refractivity contribution >= 4 is 57.1 Å². The molecule has 1 unspecified atom stereocenters. The molecule has 0 bridgehead atoms. The number of anilines is 1. The third-order valence-corrected chi connectivity index (χ3v) is 9.18. The standard InChI is InChI=1S/C34H31N3O5S/c1-41-31-16-27-28(35-19-23-15-21(22-10-14-43-20-22)8-11-36(23)34(27)40)17-32(31)42-13-4-7-33(39)37-12-9-25-24-5-2-3-6-26(24)30(38)18-29(25)37/h2-3,5-6,8,10,14,16-20,23,38H,4,7,9,11-13,15H2,1H3. The van der Waals surface area contributed by atoms with Crippen molar-refractivity contribution in [3.05, 3.63) is 82.1 Å². The number of nitrogens with zero attached hydrogens (tertiary/aromatic N) is 3. The molecule has 1 N–H and O–H groups in total. The van der Waals surface area contributed by atoms with Crippen LogP contribution in [0.1, 0.15) is 40.7 Å². The number of benzene rings is 3. The molecule has 43 heavy (non-hydrogen) atoms. The summed E-state index contributed by atoms with van der Waals surface area (Å²) in [7, 11) is 1.55. The Kier molecular flexibility index (Phi) is 7.10. The summed E-state index contributed by atoms with van der Waals surface area (Å²) >= 11 is 1.66. The third-order valence-electron chi connectivity index (χ3n) is 8.50. The van der Waals surface area contributed by atoms with Gasteiger partial charge in [0.25, 0.3) is 5.91 Å². The molecule has 3 aliphatic heterocycles. The second-order valence-corrected chi connectivity index (χ2v) is 11.7. The summed E-state index contributed by atoms with van der Waals surface area (Å²) in [5.41, 5.74) is 5.33. The fourth-order valence-electron chi connectivity index (χ4n) is 6.28. The molecule has 0 radical (unpaired) electrons. The van der Waals surface area contributed by atoms with Crippen molar-refractivity contribution in [3.63, 3.8) is 0 Å². The smallest absolute Gasteiger partial charge is 0.257 e. The van der Waals surface area contributed by atoms with Crippen LogP contribution in [-0.4, -0.2) is 60.9 Å². The molecular weight excluding hydrogens is 562 g/mol. The van der Waals surface area contributed by atoms with E-state index in [1.165, 1.54) is 11.1 Å². The van der Waals surface area contributed by atoms with E-state index in [-0.39, 0.29) is 23.6 Å². The number of ether oxygens (including phenoxy) is 2. The number of aliphatic imine (C=N–C) groups is 1. The number of hydrogen-bond acceptors (Lipinski definition) is 7. The molecule has 4 heterocycles. The first-order valence-corrected chi connectivity index (χ1v) is 15.4. The van der Waals surface area contributed by atoms with Gasteiger partial charge in [0.2, 0.25) is 5.91 Å². The first-order valence-electron chi connectivity index (χ1n) is 14.5. The summed E-state index contributed by atoms with van der Waals surface area (Å²) in [4.78, 5) is 35.0. The molecule has 218 valence electrons. The van der Waals surface area contributed by atoms with Gasteiger partial charge in [-0.05, 0) is 64.2 Å². The summed E-state index contributed by atoms with van der Waals surface area (Å²) in [5.74, 6) is 1.03. The van der Waals surface area contributed by atoms with E-state index >= 15 is 0 Å². The first kappa shape index (κ1) is 27.2. The highest BCUT2D eigenvalue weighted by atomic mass is 32.1. The number of fused-ring (bicyclic) bond motifs is 5. The van der Waals surface area contributed by atoms with E-state index in [2.05, 4.69) is 22.9 Å². The van der Waals surface area contributed by atoms with Crippen molar-refractivity contribution in [2.24, 2.45) is 4.99 Å². The summed E-state index contributed by atoms with van der Waals surface area (Å²) in [6.07, 6.45) is 6.25. The van der Waals surface area contributed by atoms with Gasteiger partial charge in [0, 0.05) is 43.2 Å². The number of phenols is 1. The lowest BCUT2D eigenvalue weighted by Crippen LogP contribution is -2.43. The monoisotopic (exact) mass is 593 g/mol. The zero-order chi connectivity index (χ0) is 29.5. The average Bonchev–Trinajstić information content (AvgIpc) is 3.70. The highest BCUT2D eigenvalue weighted by Gasteiger charge is 2.32. The normalized spacial score (nSPS) is 17.3. The van der Waals surface area contributed by atoms with Crippen LogP contribution in [0, 0.1) is 0 Å². The van der Waals surface area contributed by atoms with Gasteiger partial charge >= 0.3 is 0 Å². The second kappa shape index (κ2) is 11.2. The predicted octanol–water partition coefficient (Wildman–Crippen LogP) is 6.38. The van der Waals surface area contributed by atoms with E-state index in [0.29, 0.717) is 61.7 Å². The van der Waals surface area contributed by atoms with Crippen LogP contribution >= 0.6 is 11.3 Å². The van der Waals surface area contributed by atoms with E-state index in [4.69, 9.17) is 14.5 Å². The summed E-state index contributed by atoms with van der Waals surface area (Å²) < 4.78 is 11.7. The number of hydrogen-bond donors (Lipinski definition) is 1. The van der Waals surface area contributed by atoms with Crippen molar-refractivity contribution in [3.8, 4) is 17.2 Å². The lowest BCUT2D eigenvalue weighted by molar-refractivity contribution is -0.118. The quantitative estimate of drug-likeness (QED) is 0.251. The Balaban J connectivity index is 1.02. The van der Waals surface area contributed by atoms with Gasteiger partial charge < -0.3 is 24.4 Å². The van der Waals surface area contributed by atoms with Crippen LogP contribution in [0.5, 0.6) is 17.2 Å². The SMILES string of the molecule is COc1cc2c(cc1OCCCC(=O)N1CCc3c1cc(O)c1ccccc31)N=CC1CC(c3ccsc3)=CCN1C2=O. The van der Waals surface area contributed by atoms with Gasteiger partial charge in [-0.3, -0.25) is 14.6 Å². The lowest BCUT2D eigenvalue weighted by atomic mass is 9.96. The minimum absolute atomic E-state index is 0.00629. The summed E-state index contributed by atoms with van der Waals surface area (Å²) in [6.45, 7) is 1.41. The third kappa shape index (κ3) is 4.93. The molecule has 7 rings (SSSR count). The molecule has 1 aromatic heterocycles. The zero-order valence-electron chi connectivity index (χ0n) is 23.8. The Bertz CT molecular complexity index is 1800. The van der Waals surface area contributed by atoms with Crippen molar-refractivity contribution in [1.82, 2.24) is 4.90 Å². The average molecular weight is 594 g/mol. The van der Waals surface area contributed by atoms with Crippen LogP contribution in [-0.2, 0) is 11.2 Å². The molecule has 3 aliphatic rings. The van der Waals surface area contributed by atoms with Gasteiger partial charge in [0.1, 0.15) is 5.75 Å². The van der Waals surface area contributed by atoms with Crippen LogP contribution in [0.15, 0.2) is 70.4 Å². The fourth-order valence-corrected chi connectivity index (χ4v) is 6.96. The van der Waals surface area contributed by atoms with Gasteiger partial charge in [-0.1, -0.05) is 30.3 Å². The van der Waals surface area contributed by atoms with Crippen LogP contribution in [0.25, 0.3) is 16.3 Å². The van der Waals surface area contributed by atoms with Crippen LogP contribution < -0.4 is 14.4 Å². The zero-order valence-corrected chi connectivity index (χ0v) is 24.6. The molecule has 0 spiro atoms. The number of carbonyl (C=O) groups excluding carboxylic acids is 2. The van der Waals surface area contributed by atoms with Gasteiger partial charge in [0.15, 0.2) is 11.5 Å². The Labute approximate surface area is 253 Å². The van der Waals surface area contributed by atoms with E-state index in [1.54, 1.807) is 41.5 Å². The van der Waals surface area contributed by atoms with Gasteiger partial charge in [-0.25, -0.2) is 0 Å². The number of thiophene rings is 1. The van der Waals surface area contributed by atoms with E-state index in [9.17, 15) is 14.7 Å². The van der Waals surface area contributed by atoms with Crippen molar-refractivity contribution in [1.29, 1.82) is 0 Å². The molecule has 4 aromatic rings. The molecular formula is C34H31N3O5S. The van der Waals surface area contributed by atoms with E-state index < -0.39 is 0 Å². The fraction of sp³-hybridized carbons (Fsp3) is 0.265. The number of aromatic hydroxyl groups is 1. The number of carbonyl (C=O) groups is 2. The molecule has 2 amide bonds. The maximum atomic E-state index is 13.6. The lowest BCUT2D eigenvalue weighted by Gasteiger charge is -2.32. The molecule has 0 fully saturated rings.